The molecule has 6 nitrogen and oxygen atoms in total. The second-order valence-electron chi connectivity index (χ2n) is 7.50. The van der Waals surface area contributed by atoms with Gasteiger partial charge in [0, 0.05) is 30.1 Å². The number of aromatic nitrogens is 2. The van der Waals surface area contributed by atoms with Crippen LogP contribution in [0.15, 0.2) is 18.3 Å². The standard InChI is InChI=1S/C20H23N5OS/c1-13-2-4-16-17(10-13)27-20(23-16)24-19(26)15-6-8-25(9-7-15)18-5-3-14(11-21)12-22-18/h3,5,12-13,15H,2,4,6-10H2,1H3,(H,23,24,26)/t13-/m1/s1. The van der Waals surface area contributed by atoms with Gasteiger partial charge in [-0.1, -0.05) is 6.92 Å². The van der Waals surface area contributed by atoms with E-state index in [0.717, 1.165) is 49.7 Å². The van der Waals surface area contributed by atoms with Crippen LogP contribution >= 0.6 is 11.3 Å². The van der Waals surface area contributed by atoms with Crippen LogP contribution in [0.2, 0.25) is 0 Å². The van der Waals surface area contributed by atoms with Crippen LogP contribution in [0.4, 0.5) is 10.9 Å². The van der Waals surface area contributed by atoms with Gasteiger partial charge in [0.15, 0.2) is 5.13 Å². The molecule has 1 aliphatic heterocycles. The summed E-state index contributed by atoms with van der Waals surface area (Å²) in [5, 5.41) is 12.7. The first-order valence-corrected chi connectivity index (χ1v) is 10.3. The third kappa shape index (κ3) is 3.96. The van der Waals surface area contributed by atoms with E-state index >= 15 is 0 Å². The Balaban J connectivity index is 1.33. The van der Waals surface area contributed by atoms with E-state index in [0.29, 0.717) is 11.5 Å². The zero-order valence-electron chi connectivity index (χ0n) is 15.4. The number of carbonyl (C=O) groups is 1. The highest BCUT2D eigenvalue weighted by Gasteiger charge is 2.27. The summed E-state index contributed by atoms with van der Waals surface area (Å²) in [5.41, 5.74) is 1.74. The number of hydrogen-bond acceptors (Lipinski definition) is 6. The monoisotopic (exact) mass is 381 g/mol. The molecule has 0 spiro atoms. The van der Waals surface area contributed by atoms with Gasteiger partial charge in [-0.3, -0.25) is 4.79 Å². The molecule has 27 heavy (non-hydrogen) atoms. The Morgan fingerprint density at radius 1 is 1.33 bits per heavy atom. The summed E-state index contributed by atoms with van der Waals surface area (Å²) in [6.07, 6.45) is 6.49. The molecule has 0 bridgehead atoms. The number of thiazole rings is 1. The predicted octanol–water partition coefficient (Wildman–Crippen LogP) is 3.39. The summed E-state index contributed by atoms with van der Waals surface area (Å²) in [5.74, 6) is 1.68. The second-order valence-corrected chi connectivity index (χ2v) is 8.59. The lowest BCUT2D eigenvalue weighted by Crippen LogP contribution is -2.38. The van der Waals surface area contributed by atoms with Gasteiger partial charge < -0.3 is 10.2 Å². The summed E-state index contributed by atoms with van der Waals surface area (Å²) in [4.78, 5) is 25.2. The first-order valence-electron chi connectivity index (χ1n) is 9.53. The van der Waals surface area contributed by atoms with Crippen LogP contribution in [0.5, 0.6) is 0 Å². The van der Waals surface area contributed by atoms with Gasteiger partial charge in [-0.2, -0.15) is 5.26 Å². The van der Waals surface area contributed by atoms with E-state index in [1.54, 1.807) is 23.6 Å². The Kier molecular flexibility index (Phi) is 5.08. The number of amides is 1. The maximum absolute atomic E-state index is 12.7. The van der Waals surface area contributed by atoms with Crippen LogP contribution in [-0.4, -0.2) is 29.0 Å². The quantitative estimate of drug-likeness (QED) is 0.881. The Morgan fingerprint density at radius 2 is 2.15 bits per heavy atom. The van der Waals surface area contributed by atoms with E-state index in [2.05, 4.69) is 33.2 Å². The fourth-order valence-corrected chi connectivity index (χ4v) is 4.98. The van der Waals surface area contributed by atoms with Crippen molar-refractivity contribution in [2.75, 3.05) is 23.3 Å². The number of nitrogens with one attached hydrogen (secondary N) is 1. The molecule has 2 aromatic rings. The lowest BCUT2D eigenvalue weighted by Gasteiger charge is -2.31. The van der Waals surface area contributed by atoms with Gasteiger partial charge in [0.2, 0.25) is 5.91 Å². The minimum atomic E-state index is 0.0134. The van der Waals surface area contributed by atoms with Crippen molar-refractivity contribution in [1.82, 2.24) is 9.97 Å². The van der Waals surface area contributed by atoms with Crippen LogP contribution in [0, 0.1) is 23.2 Å². The zero-order valence-corrected chi connectivity index (χ0v) is 16.3. The lowest BCUT2D eigenvalue weighted by molar-refractivity contribution is -0.120. The largest absolute Gasteiger partial charge is 0.357 e. The van der Waals surface area contributed by atoms with Gasteiger partial charge in [0.05, 0.1) is 11.3 Å². The molecule has 1 N–H and O–H groups in total. The Bertz CT molecular complexity index is 861. The van der Waals surface area contributed by atoms with Crippen LogP contribution in [0.25, 0.3) is 0 Å². The number of hydrogen-bond donors (Lipinski definition) is 1. The molecule has 140 valence electrons. The number of pyridine rings is 1. The molecule has 1 saturated heterocycles. The molecule has 3 heterocycles. The maximum atomic E-state index is 12.7. The second kappa shape index (κ2) is 7.65. The van der Waals surface area contributed by atoms with Crippen LogP contribution in [0.1, 0.15) is 42.3 Å². The molecule has 2 aromatic heterocycles. The van der Waals surface area contributed by atoms with Crippen molar-refractivity contribution in [3.63, 3.8) is 0 Å². The third-order valence-corrected chi connectivity index (χ3v) is 6.52. The molecule has 1 fully saturated rings. The molecular weight excluding hydrogens is 358 g/mol. The van der Waals surface area contributed by atoms with E-state index in [1.165, 1.54) is 17.0 Å². The Hall–Kier alpha value is -2.46. The number of aryl methyl sites for hydroxylation is 1. The average Bonchev–Trinajstić information content (AvgIpc) is 3.09. The zero-order chi connectivity index (χ0) is 18.8. The summed E-state index contributed by atoms with van der Waals surface area (Å²) in [7, 11) is 0. The van der Waals surface area contributed by atoms with Gasteiger partial charge in [-0.15, -0.1) is 11.3 Å². The van der Waals surface area contributed by atoms with Crippen LogP contribution < -0.4 is 10.2 Å². The van der Waals surface area contributed by atoms with Gasteiger partial charge >= 0.3 is 0 Å². The number of nitrogens with zero attached hydrogens (tertiary/aromatic N) is 4. The summed E-state index contributed by atoms with van der Waals surface area (Å²) in [6, 6.07) is 5.74. The summed E-state index contributed by atoms with van der Waals surface area (Å²) in [6.45, 7) is 3.86. The number of nitriles is 1. The highest BCUT2D eigenvalue weighted by molar-refractivity contribution is 7.15. The maximum Gasteiger partial charge on any atom is 0.229 e. The minimum absolute atomic E-state index is 0.0134. The lowest BCUT2D eigenvalue weighted by atomic mass is 9.93. The summed E-state index contributed by atoms with van der Waals surface area (Å²) >= 11 is 1.64. The van der Waals surface area contributed by atoms with Crippen molar-refractivity contribution < 1.29 is 4.79 Å². The number of piperidine rings is 1. The number of fused-ring (bicyclic) bond motifs is 1. The van der Waals surface area contributed by atoms with Crippen molar-refractivity contribution in [2.45, 2.75) is 39.0 Å². The van der Waals surface area contributed by atoms with Gasteiger partial charge in [0.1, 0.15) is 11.9 Å². The number of carbonyl (C=O) groups excluding carboxylic acids is 1. The van der Waals surface area contributed by atoms with E-state index in [9.17, 15) is 4.79 Å². The normalized spacial score (nSPS) is 20.0. The molecular formula is C20H23N5OS. The molecule has 1 amide bonds. The topological polar surface area (TPSA) is 81.9 Å². The molecule has 1 aliphatic carbocycles. The first-order chi connectivity index (χ1) is 13.1. The number of anilines is 2. The van der Waals surface area contributed by atoms with Gasteiger partial charge in [-0.25, -0.2) is 9.97 Å². The molecule has 1 atom stereocenters. The molecule has 4 rings (SSSR count). The fourth-order valence-electron chi connectivity index (χ4n) is 3.81. The molecule has 0 saturated carbocycles. The molecule has 0 radical (unpaired) electrons. The third-order valence-electron chi connectivity index (χ3n) is 5.48. The minimum Gasteiger partial charge on any atom is -0.357 e. The van der Waals surface area contributed by atoms with Gasteiger partial charge in [-0.05, 0) is 50.2 Å². The SMILES string of the molecule is C[C@@H]1CCc2nc(NC(=O)C3CCN(c4ccc(C#N)cn4)CC3)sc2C1. The van der Waals surface area contributed by atoms with Crippen LogP contribution in [-0.2, 0) is 17.6 Å². The van der Waals surface area contributed by atoms with Crippen molar-refractivity contribution in [3.8, 4) is 6.07 Å². The number of rotatable bonds is 3. The average molecular weight is 382 g/mol. The van der Waals surface area contributed by atoms with Crippen molar-refractivity contribution in [1.29, 1.82) is 5.26 Å². The van der Waals surface area contributed by atoms with Crippen molar-refractivity contribution in [3.05, 3.63) is 34.5 Å². The molecule has 7 heteroatoms. The summed E-state index contributed by atoms with van der Waals surface area (Å²) < 4.78 is 0. The Morgan fingerprint density at radius 3 is 2.85 bits per heavy atom. The first kappa shape index (κ1) is 17.9. The van der Waals surface area contributed by atoms with E-state index in [4.69, 9.17) is 5.26 Å². The van der Waals surface area contributed by atoms with Gasteiger partial charge in [0.25, 0.3) is 0 Å². The molecule has 0 aromatic carbocycles. The van der Waals surface area contributed by atoms with Crippen molar-refractivity contribution in [2.24, 2.45) is 11.8 Å². The Labute approximate surface area is 163 Å². The highest BCUT2D eigenvalue weighted by atomic mass is 32.1. The molecule has 0 unspecified atom stereocenters. The predicted molar refractivity (Wildman–Crippen MR) is 106 cm³/mol. The van der Waals surface area contributed by atoms with Crippen LogP contribution in [0.3, 0.4) is 0 Å². The van der Waals surface area contributed by atoms with E-state index < -0.39 is 0 Å². The van der Waals surface area contributed by atoms with E-state index in [1.807, 2.05) is 6.07 Å². The fraction of sp³-hybridized carbons (Fsp3) is 0.500. The van der Waals surface area contributed by atoms with Crippen molar-refractivity contribution >= 4 is 28.2 Å². The molecule has 2 aliphatic rings. The smallest absolute Gasteiger partial charge is 0.229 e. The van der Waals surface area contributed by atoms with E-state index in [-0.39, 0.29) is 11.8 Å². The highest BCUT2D eigenvalue weighted by Crippen LogP contribution is 2.32.